The lowest BCUT2D eigenvalue weighted by atomic mass is 10.1. The third-order valence-electron chi connectivity index (χ3n) is 4.07. The van der Waals surface area contributed by atoms with E-state index in [1.807, 2.05) is 17.0 Å². The first-order chi connectivity index (χ1) is 9.75. The van der Waals surface area contributed by atoms with Gasteiger partial charge in [-0.1, -0.05) is 12.1 Å². The quantitative estimate of drug-likeness (QED) is 0.848. The molecule has 2 unspecified atom stereocenters. The predicted octanol–water partition coefficient (Wildman–Crippen LogP) is 1.43. The molecule has 5 nitrogen and oxygen atoms in total. The van der Waals surface area contributed by atoms with Crippen LogP contribution in [0, 0.1) is 0 Å². The van der Waals surface area contributed by atoms with Gasteiger partial charge in [-0.15, -0.1) is 0 Å². The summed E-state index contributed by atoms with van der Waals surface area (Å²) in [5.41, 5.74) is 6.36. The molecule has 1 saturated carbocycles. The number of morpholine rings is 1. The zero-order valence-electron chi connectivity index (χ0n) is 11.5. The summed E-state index contributed by atoms with van der Waals surface area (Å²) in [5, 5.41) is 0. The Morgan fingerprint density at radius 2 is 2.25 bits per heavy atom. The molecule has 1 amide bonds. The molecule has 5 heteroatoms. The molecular formula is C15H20N2O3. The van der Waals surface area contributed by atoms with E-state index in [1.165, 1.54) is 0 Å². The number of anilines is 1. The average Bonchev–Trinajstić information content (AvgIpc) is 2.94. The van der Waals surface area contributed by atoms with Crippen LogP contribution in [0.25, 0.3) is 0 Å². The maximum atomic E-state index is 12.3. The largest absolute Gasteiger partial charge is 0.482 e. The summed E-state index contributed by atoms with van der Waals surface area (Å²) in [6.45, 7) is 1.32. The van der Waals surface area contributed by atoms with Crippen LogP contribution in [-0.4, -0.2) is 42.7 Å². The minimum Gasteiger partial charge on any atom is -0.482 e. The number of rotatable bonds is 3. The lowest BCUT2D eigenvalue weighted by Gasteiger charge is -2.37. The summed E-state index contributed by atoms with van der Waals surface area (Å²) in [7, 11) is 0. The smallest absolute Gasteiger partial charge is 0.260 e. The molecular weight excluding hydrogens is 256 g/mol. The van der Waals surface area contributed by atoms with Crippen molar-refractivity contribution in [2.45, 2.75) is 31.4 Å². The molecule has 2 aliphatic rings. The lowest BCUT2D eigenvalue weighted by Crippen LogP contribution is -2.52. The highest BCUT2D eigenvalue weighted by molar-refractivity contribution is 5.78. The van der Waals surface area contributed by atoms with Gasteiger partial charge in [0.05, 0.1) is 24.4 Å². The zero-order valence-corrected chi connectivity index (χ0v) is 11.5. The molecule has 1 aliphatic heterocycles. The minimum absolute atomic E-state index is 0.0217. The van der Waals surface area contributed by atoms with Crippen molar-refractivity contribution in [2.24, 2.45) is 0 Å². The standard InChI is InChI=1S/C15H20N2O3/c16-11-4-1-2-6-13(11)20-10-15(18)17-8-9-19-14-7-3-5-12(14)17/h1-2,4,6,12,14H,3,5,7-10,16H2. The number of carbonyl (C=O) groups is 1. The molecule has 0 aromatic heterocycles. The van der Waals surface area contributed by atoms with Crippen molar-refractivity contribution in [3.8, 4) is 5.75 Å². The fourth-order valence-electron chi connectivity index (χ4n) is 3.07. The van der Waals surface area contributed by atoms with E-state index in [-0.39, 0.29) is 24.7 Å². The van der Waals surface area contributed by atoms with E-state index in [1.54, 1.807) is 12.1 Å². The summed E-state index contributed by atoms with van der Waals surface area (Å²) in [6.07, 6.45) is 3.44. The van der Waals surface area contributed by atoms with E-state index in [0.29, 0.717) is 24.6 Å². The number of amides is 1. The molecule has 1 heterocycles. The molecule has 0 bridgehead atoms. The first-order valence-electron chi connectivity index (χ1n) is 7.14. The van der Waals surface area contributed by atoms with Crippen LogP contribution in [0.1, 0.15) is 19.3 Å². The monoisotopic (exact) mass is 276 g/mol. The van der Waals surface area contributed by atoms with E-state index in [0.717, 1.165) is 19.3 Å². The molecule has 1 aliphatic carbocycles. The van der Waals surface area contributed by atoms with Gasteiger partial charge in [0.1, 0.15) is 5.75 Å². The van der Waals surface area contributed by atoms with Gasteiger partial charge in [-0.2, -0.15) is 0 Å². The van der Waals surface area contributed by atoms with Crippen LogP contribution in [0.3, 0.4) is 0 Å². The average molecular weight is 276 g/mol. The molecule has 2 atom stereocenters. The Bertz CT molecular complexity index is 492. The Hall–Kier alpha value is -1.75. The van der Waals surface area contributed by atoms with Crippen LogP contribution < -0.4 is 10.5 Å². The van der Waals surface area contributed by atoms with E-state index >= 15 is 0 Å². The highest BCUT2D eigenvalue weighted by atomic mass is 16.5. The van der Waals surface area contributed by atoms with Crippen molar-refractivity contribution in [3.05, 3.63) is 24.3 Å². The Labute approximate surface area is 118 Å². The summed E-state index contributed by atoms with van der Waals surface area (Å²) < 4.78 is 11.3. The SMILES string of the molecule is Nc1ccccc1OCC(=O)N1CCOC2CCCC21. The first kappa shape index (κ1) is 13.2. The van der Waals surface area contributed by atoms with E-state index in [2.05, 4.69) is 0 Å². The Morgan fingerprint density at radius 3 is 3.10 bits per heavy atom. The normalized spacial score (nSPS) is 25.3. The molecule has 0 spiro atoms. The molecule has 0 radical (unpaired) electrons. The zero-order chi connectivity index (χ0) is 13.9. The molecule has 2 N–H and O–H groups in total. The van der Waals surface area contributed by atoms with Gasteiger partial charge in [0.25, 0.3) is 5.91 Å². The number of ether oxygens (including phenoxy) is 2. The maximum Gasteiger partial charge on any atom is 0.260 e. The van der Waals surface area contributed by atoms with Crippen molar-refractivity contribution in [2.75, 3.05) is 25.5 Å². The fourth-order valence-corrected chi connectivity index (χ4v) is 3.07. The second-order valence-electron chi connectivity index (χ2n) is 5.32. The Kier molecular flexibility index (Phi) is 3.78. The third-order valence-corrected chi connectivity index (χ3v) is 4.07. The van der Waals surface area contributed by atoms with Crippen molar-refractivity contribution in [3.63, 3.8) is 0 Å². The van der Waals surface area contributed by atoms with Crippen LogP contribution in [-0.2, 0) is 9.53 Å². The van der Waals surface area contributed by atoms with Crippen molar-refractivity contribution in [1.29, 1.82) is 0 Å². The number of nitrogens with zero attached hydrogens (tertiary/aromatic N) is 1. The van der Waals surface area contributed by atoms with Crippen LogP contribution >= 0.6 is 0 Å². The summed E-state index contributed by atoms with van der Waals surface area (Å²) in [5.74, 6) is 0.588. The lowest BCUT2D eigenvalue weighted by molar-refractivity contribution is -0.146. The molecule has 1 aromatic rings. The number of nitrogen functional groups attached to an aromatic ring is 1. The number of para-hydroxylation sites is 2. The van der Waals surface area contributed by atoms with Gasteiger partial charge in [0.15, 0.2) is 6.61 Å². The Balaban J connectivity index is 1.60. The number of carbonyl (C=O) groups excluding carboxylic acids is 1. The van der Waals surface area contributed by atoms with Crippen molar-refractivity contribution in [1.82, 2.24) is 4.90 Å². The number of hydrogen-bond donors (Lipinski definition) is 1. The summed E-state index contributed by atoms with van der Waals surface area (Å²) in [6, 6.07) is 7.46. The number of hydrogen-bond acceptors (Lipinski definition) is 4. The van der Waals surface area contributed by atoms with E-state index in [9.17, 15) is 4.79 Å². The van der Waals surface area contributed by atoms with Gasteiger partial charge >= 0.3 is 0 Å². The van der Waals surface area contributed by atoms with E-state index in [4.69, 9.17) is 15.2 Å². The van der Waals surface area contributed by atoms with Gasteiger partial charge in [0.2, 0.25) is 0 Å². The van der Waals surface area contributed by atoms with Crippen molar-refractivity contribution >= 4 is 11.6 Å². The van der Waals surface area contributed by atoms with Crippen LogP contribution in [0.4, 0.5) is 5.69 Å². The number of benzene rings is 1. The molecule has 108 valence electrons. The number of nitrogens with two attached hydrogens (primary N) is 1. The summed E-state index contributed by atoms with van der Waals surface area (Å²) in [4.78, 5) is 14.2. The number of fused-ring (bicyclic) bond motifs is 1. The highest BCUT2D eigenvalue weighted by Crippen LogP contribution is 2.29. The van der Waals surface area contributed by atoms with Gasteiger partial charge in [0, 0.05) is 6.54 Å². The second-order valence-corrected chi connectivity index (χ2v) is 5.32. The van der Waals surface area contributed by atoms with Gasteiger partial charge in [-0.25, -0.2) is 0 Å². The van der Waals surface area contributed by atoms with Gasteiger partial charge < -0.3 is 20.1 Å². The van der Waals surface area contributed by atoms with Gasteiger partial charge in [-0.05, 0) is 31.4 Å². The predicted molar refractivity (Wildman–Crippen MR) is 75.4 cm³/mol. The van der Waals surface area contributed by atoms with Crippen molar-refractivity contribution < 1.29 is 14.3 Å². The van der Waals surface area contributed by atoms with Gasteiger partial charge in [-0.3, -0.25) is 4.79 Å². The highest BCUT2D eigenvalue weighted by Gasteiger charge is 2.38. The third kappa shape index (κ3) is 2.58. The topological polar surface area (TPSA) is 64.8 Å². The second kappa shape index (κ2) is 5.71. The first-order valence-corrected chi connectivity index (χ1v) is 7.14. The molecule has 1 aromatic carbocycles. The minimum atomic E-state index is 0.0217. The molecule has 3 rings (SSSR count). The molecule has 1 saturated heterocycles. The van der Waals surface area contributed by atoms with Crippen LogP contribution in [0.15, 0.2) is 24.3 Å². The molecule has 2 fully saturated rings. The van der Waals surface area contributed by atoms with Crippen LogP contribution in [0.5, 0.6) is 5.75 Å². The van der Waals surface area contributed by atoms with Crippen LogP contribution in [0.2, 0.25) is 0 Å². The van der Waals surface area contributed by atoms with E-state index < -0.39 is 0 Å². The fraction of sp³-hybridized carbons (Fsp3) is 0.533. The molecule has 20 heavy (non-hydrogen) atoms. The maximum absolute atomic E-state index is 12.3. The summed E-state index contributed by atoms with van der Waals surface area (Å²) >= 11 is 0. The Morgan fingerprint density at radius 1 is 1.40 bits per heavy atom.